The summed E-state index contributed by atoms with van der Waals surface area (Å²) in [7, 11) is 3.44. The second-order valence-electron chi connectivity index (χ2n) is 5.98. The molecule has 0 radical (unpaired) electrons. The van der Waals surface area contributed by atoms with Crippen LogP contribution >= 0.6 is 0 Å². The topological polar surface area (TPSA) is 63.7 Å². The zero-order valence-electron chi connectivity index (χ0n) is 14.6. The zero-order chi connectivity index (χ0) is 17.6. The molecule has 3 rings (SSSR count). The predicted molar refractivity (Wildman–Crippen MR) is 96.1 cm³/mol. The first-order valence-corrected chi connectivity index (χ1v) is 8.37. The monoisotopic (exact) mass is 341 g/mol. The summed E-state index contributed by atoms with van der Waals surface area (Å²) < 4.78 is 11.1. The molecule has 1 N–H and O–H groups in total. The molecule has 0 bridgehead atoms. The maximum Gasteiger partial charge on any atom is 0.254 e. The Hall–Kier alpha value is -2.60. The lowest BCUT2D eigenvalue weighted by Gasteiger charge is -2.33. The van der Waals surface area contributed by atoms with Gasteiger partial charge in [-0.2, -0.15) is 0 Å². The van der Waals surface area contributed by atoms with Gasteiger partial charge in [-0.05, 0) is 29.8 Å². The fourth-order valence-corrected chi connectivity index (χ4v) is 2.97. The molecule has 1 aromatic carbocycles. The van der Waals surface area contributed by atoms with Crippen LogP contribution in [0.15, 0.2) is 42.6 Å². The largest absolute Gasteiger partial charge is 0.497 e. The van der Waals surface area contributed by atoms with Crippen molar-refractivity contribution in [2.45, 2.75) is 12.5 Å². The van der Waals surface area contributed by atoms with Crippen LogP contribution < -0.4 is 10.1 Å². The summed E-state index contributed by atoms with van der Waals surface area (Å²) in [5, 5.41) is 2.96. The molecule has 1 atom stereocenters. The molecule has 1 aromatic heterocycles. The van der Waals surface area contributed by atoms with Gasteiger partial charge in [0.15, 0.2) is 0 Å². The van der Waals surface area contributed by atoms with E-state index in [0.29, 0.717) is 31.1 Å². The van der Waals surface area contributed by atoms with Gasteiger partial charge < -0.3 is 19.7 Å². The number of morpholine rings is 1. The Bertz CT molecular complexity index is 735. The number of nitrogens with one attached hydrogen (secondary N) is 1. The molecule has 132 valence electrons. The van der Waals surface area contributed by atoms with E-state index in [2.05, 4.69) is 16.4 Å². The maximum absolute atomic E-state index is 12.8. The van der Waals surface area contributed by atoms with E-state index in [-0.39, 0.29) is 12.0 Å². The summed E-state index contributed by atoms with van der Waals surface area (Å²) >= 11 is 0. The highest BCUT2D eigenvalue weighted by atomic mass is 16.5. The van der Waals surface area contributed by atoms with Gasteiger partial charge in [-0.25, -0.2) is 4.98 Å². The number of benzene rings is 1. The number of aromatic nitrogens is 1. The van der Waals surface area contributed by atoms with Crippen molar-refractivity contribution < 1.29 is 14.3 Å². The highest BCUT2D eigenvalue weighted by Crippen LogP contribution is 2.18. The van der Waals surface area contributed by atoms with Crippen molar-refractivity contribution in [3.63, 3.8) is 0 Å². The Morgan fingerprint density at radius 3 is 3.08 bits per heavy atom. The number of carbonyl (C=O) groups is 1. The van der Waals surface area contributed by atoms with E-state index in [1.807, 2.05) is 23.1 Å². The molecule has 0 aliphatic carbocycles. The first-order valence-electron chi connectivity index (χ1n) is 8.37. The highest BCUT2D eigenvalue weighted by molar-refractivity contribution is 5.94. The number of nitrogens with zero attached hydrogens (tertiary/aromatic N) is 2. The molecule has 1 aliphatic rings. The number of hydrogen-bond donors (Lipinski definition) is 1. The first-order chi connectivity index (χ1) is 12.2. The van der Waals surface area contributed by atoms with Crippen LogP contribution in [0.5, 0.6) is 5.75 Å². The van der Waals surface area contributed by atoms with Gasteiger partial charge >= 0.3 is 0 Å². The molecule has 1 saturated heterocycles. The number of hydrogen-bond acceptors (Lipinski definition) is 5. The molecule has 6 nitrogen and oxygen atoms in total. The van der Waals surface area contributed by atoms with Crippen LogP contribution in [0.2, 0.25) is 0 Å². The van der Waals surface area contributed by atoms with Gasteiger partial charge in [-0.3, -0.25) is 4.79 Å². The summed E-state index contributed by atoms with van der Waals surface area (Å²) in [5.74, 6) is 1.53. The molecule has 1 aliphatic heterocycles. The SMILES string of the molecule is CNc1cc(C(=O)N2CCOC(Cc3cccc(OC)c3)C2)ccn1. The van der Waals surface area contributed by atoms with Crippen LogP contribution in [0.25, 0.3) is 0 Å². The standard InChI is InChI=1S/C19H23N3O3/c1-20-18-12-15(6-7-21-18)19(23)22-8-9-25-17(13-22)11-14-4-3-5-16(10-14)24-2/h3-7,10,12,17H,8-9,11,13H2,1-2H3,(H,20,21). The molecule has 1 unspecified atom stereocenters. The predicted octanol–water partition coefficient (Wildman–Crippen LogP) is 2.22. The lowest BCUT2D eigenvalue weighted by molar-refractivity contribution is -0.0208. The van der Waals surface area contributed by atoms with Crippen LogP contribution in [0, 0.1) is 0 Å². The van der Waals surface area contributed by atoms with Gasteiger partial charge in [0.1, 0.15) is 11.6 Å². The van der Waals surface area contributed by atoms with E-state index in [1.165, 1.54) is 0 Å². The van der Waals surface area contributed by atoms with Crippen molar-refractivity contribution in [1.29, 1.82) is 0 Å². The molecular formula is C19H23N3O3. The summed E-state index contributed by atoms with van der Waals surface area (Å²) in [6, 6.07) is 11.5. The number of pyridine rings is 1. The Morgan fingerprint density at radius 2 is 2.28 bits per heavy atom. The van der Waals surface area contributed by atoms with E-state index in [0.717, 1.165) is 17.7 Å². The molecule has 1 amide bonds. The third kappa shape index (κ3) is 4.28. The fraction of sp³-hybridized carbons (Fsp3) is 0.368. The van der Waals surface area contributed by atoms with Crippen molar-refractivity contribution in [2.24, 2.45) is 0 Å². The number of carbonyl (C=O) groups excluding carboxylic acids is 1. The van der Waals surface area contributed by atoms with E-state index < -0.39 is 0 Å². The average Bonchev–Trinajstić information content (AvgIpc) is 2.68. The number of methoxy groups -OCH3 is 1. The molecule has 6 heteroatoms. The number of amides is 1. The van der Waals surface area contributed by atoms with Crippen molar-refractivity contribution in [3.8, 4) is 5.75 Å². The van der Waals surface area contributed by atoms with E-state index in [9.17, 15) is 4.79 Å². The Kier molecular flexibility index (Phi) is 5.50. The highest BCUT2D eigenvalue weighted by Gasteiger charge is 2.25. The number of rotatable bonds is 5. The van der Waals surface area contributed by atoms with E-state index in [4.69, 9.17) is 9.47 Å². The minimum Gasteiger partial charge on any atom is -0.497 e. The third-order valence-corrected chi connectivity index (χ3v) is 4.29. The third-order valence-electron chi connectivity index (χ3n) is 4.29. The van der Waals surface area contributed by atoms with Crippen molar-refractivity contribution in [3.05, 3.63) is 53.7 Å². The van der Waals surface area contributed by atoms with Gasteiger partial charge in [-0.15, -0.1) is 0 Å². The van der Waals surface area contributed by atoms with Crippen molar-refractivity contribution >= 4 is 11.7 Å². The lowest BCUT2D eigenvalue weighted by Crippen LogP contribution is -2.46. The molecule has 0 spiro atoms. The average molecular weight is 341 g/mol. The molecule has 25 heavy (non-hydrogen) atoms. The number of ether oxygens (including phenoxy) is 2. The minimum atomic E-state index is -0.0181. The van der Waals surface area contributed by atoms with Crippen LogP contribution in [0.4, 0.5) is 5.82 Å². The van der Waals surface area contributed by atoms with Crippen LogP contribution in [-0.4, -0.2) is 55.7 Å². The first kappa shape index (κ1) is 17.2. The quantitative estimate of drug-likeness (QED) is 0.903. The number of anilines is 1. The smallest absolute Gasteiger partial charge is 0.254 e. The summed E-state index contributed by atoms with van der Waals surface area (Å²) in [6.07, 6.45) is 2.38. The minimum absolute atomic E-state index is 0.0119. The molecule has 2 aromatic rings. The zero-order valence-corrected chi connectivity index (χ0v) is 14.6. The molecular weight excluding hydrogens is 318 g/mol. The van der Waals surface area contributed by atoms with Crippen LogP contribution in [0.1, 0.15) is 15.9 Å². The normalized spacial score (nSPS) is 17.2. The Balaban J connectivity index is 1.66. The van der Waals surface area contributed by atoms with Crippen LogP contribution in [-0.2, 0) is 11.2 Å². The van der Waals surface area contributed by atoms with Crippen molar-refractivity contribution in [1.82, 2.24) is 9.88 Å². The summed E-state index contributed by atoms with van der Waals surface area (Å²) in [6.45, 7) is 1.72. The van der Waals surface area contributed by atoms with Gasteiger partial charge in [0.25, 0.3) is 5.91 Å². The van der Waals surface area contributed by atoms with Crippen LogP contribution in [0.3, 0.4) is 0 Å². The summed E-state index contributed by atoms with van der Waals surface area (Å²) in [4.78, 5) is 18.8. The molecule has 2 heterocycles. The second-order valence-corrected chi connectivity index (χ2v) is 5.98. The maximum atomic E-state index is 12.8. The molecule has 0 saturated carbocycles. The van der Waals surface area contributed by atoms with Gasteiger partial charge in [0.2, 0.25) is 0 Å². The van der Waals surface area contributed by atoms with E-state index >= 15 is 0 Å². The van der Waals surface area contributed by atoms with Crippen molar-refractivity contribution in [2.75, 3.05) is 39.2 Å². The van der Waals surface area contributed by atoms with Gasteiger partial charge in [-0.1, -0.05) is 12.1 Å². The Morgan fingerprint density at radius 1 is 1.40 bits per heavy atom. The Labute approximate surface area is 147 Å². The van der Waals surface area contributed by atoms with Gasteiger partial charge in [0, 0.05) is 38.3 Å². The lowest BCUT2D eigenvalue weighted by atomic mass is 10.1. The van der Waals surface area contributed by atoms with E-state index in [1.54, 1.807) is 32.5 Å². The second kappa shape index (κ2) is 7.98. The molecule has 1 fully saturated rings. The summed E-state index contributed by atoms with van der Waals surface area (Å²) in [5.41, 5.74) is 1.78. The fourth-order valence-electron chi connectivity index (χ4n) is 2.97. The van der Waals surface area contributed by atoms with Gasteiger partial charge in [0.05, 0.1) is 19.8 Å².